The average Bonchev–Trinajstić information content (AvgIpc) is 2.76. The lowest BCUT2D eigenvalue weighted by Gasteiger charge is -2.15. The molecule has 1 aromatic carbocycles. The van der Waals surface area contributed by atoms with Gasteiger partial charge in [-0.05, 0) is 38.0 Å². The number of hydrogen-bond acceptors (Lipinski definition) is 3. The molecule has 1 aromatic heterocycles. The molecule has 4 nitrogen and oxygen atoms in total. The molecule has 5 heteroatoms. The summed E-state index contributed by atoms with van der Waals surface area (Å²) in [4.78, 5) is 4.28. The summed E-state index contributed by atoms with van der Waals surface area (Å²) in [5.74, 6) is 0.888. The van der Waals surface area contributed by atoms with Crippen LogP contribution in [0.25, 0.3) is 0 Å². The quantitative estimate of drug-likeness (QED) is 0.935. The Labute approximate surface area is 118 Å². The smallest absolute Gasteiger partial charge is 0.138 e. The number of aromatic nitrogens is 3. The minimum atomic E-state index is -0.171. The summed E-state index contributed by atoms with van der Waals surface area (Å²) in [6, 6.07) is 6.05. The predicted molar refractivity (Wildman–Crippen MR) is 77.2 cm³/mol. The molecule has 1 atom stereocenters. The van der Waals surface area contributed by atoms with Gasteiger partial charge in [-0.25, -0.2) is 9.67 Å². The Bertz CT molecular complexity index is 562. The van der Waals surface area contributed by atoms with E-state index in [1.807, 2.05) is 29.8 Å². The van der Waals surface area contributed by atoms with E-state index in [0.717, 1.165) is 17.0 Å². The first-order valence-corrected chi connectivity index (χ1v) is 6.77. The summed E-state index contributed by atoms with van der Waals surface area (Å²) in [5, 5.41) is 4.93. The Kier molecular flexibility index (Phi) is 4.22. The number of nitrogens with two attached hydrogens (primary N) is 1. The van der Waals surface area contributed by atoms with Crippen LogP contribution in [-0.2, 0) is 6.42 Å². The van der Waals surface area contributed by atoms with Crippen molar-refractivity contribution >= 4 is 11.6 Å². The number of rotatable bonds is 4. The maximum absolute atomic E-state index is 6.24. The molecule has 0 bridgehead atoms. The SMILES string of the molecule is Cc1ccc(C(N)Cc2ncnn2C(C)C)c(Cl)c1. The molecule has 102 valence electrons. The second-order valence-corrected chi connectivity index (χ2v) is 5.46. The van der Waals surface area contributed by atoms with E-state index < -0.39 is 0 Å². The minimum absolute atomic E-state index is 0.171. The molecule has 0 amide bonds. The summed E-state index contributed by atoms with van der Waals surface area (Å²) in [6.07, 6.45) is 2.19. The van der Waals surface area contributed by atoms with Crippen molar-refractivity contribution in [2.45, 2.75) is 39.3 Å². The number of halogens is 1. The maximum atomic E-state index is 6.24. The van der Waals surface area contributed by atoms with Crippen LogP contribution in [0.15, 0.2) is 24.5 Å². The Morgan fingerprint density at radius 2 is 2.11 bits per heavy atom. The van der Waals surface area contributed by atoms with E-state index in [0.29, 0.717) is 11.4 Å². The Hall–Kier alpha value is -1.39. The lowest BCUT2D eigenvalue weighted by atomic mass is 10.0. The second kappa shape index (κ2) is 5.72. The summed E-state index contributed by atoms with van der Waals surface area (Å²) in [7, 11) is 0. The van der Waals surface area contributed by atoms with Crippen molar-refractivity contribution < 1.29 is 0 Å². The van der Waals surface area contributed by atoms with Crippen LogP contribution in [0.2, 0.25) is 5.02 Å². The van der Waals surface area contributed by atoms with Crippen LogP contribution < -0.4 is 5.73 Å². The van der Waals surface area contributed by atoms with Crippen LogP contribution in [0.3, 0.4) is 0 Å². The van der Waals surface area contributed by atoms with Crippen LogP contribution >= 0.6 is 11.6 Å². The zero-order valence-electron chi connectivity index (χ0n) is 11.5. The third kappa shape index (κ3) is 3.14. The molecule has 1 heterocycles. The number of benzene rings is 1. The van der Waals surface area contributed by atoms with Gasteiger partial charge >= 0.3 is 0 Å². The molecular formula is C14H19ClN4. The van der Waals surface area contributed by atoms with Crippen molar-refractivity contribution in [3.63, 3.8) is 0 Å². The van der Waals surface area contributed by atoms with E-state index in [-0.39, 0.29) is 12.1 Å². The van der Waals surface area contributed by atoms with Gasteiger partial charge in [-0.1, -0.05) is 23.7 Å². The Morgan fingerprint density at radius 1 is 1.37 bits per heavy atom. The molecule has 0 saturated heterocycles. The van der Waals surface area contributed by atoms with Gasteiger partial charge in [-0.2, -0.15) is 5.10 Å². The van der Waals surface area contributed by atoms with E-state index >= 15 is 0 Å². The second-order valence-electron chi connectivity index (χ2n) is 5.05. The van der Waals surface area contributed by atoms with E-state index in [2.05, 4.69) is 23.9 Å². The van der Waals surface area contributed by atoms with Crippen LogP contribution in [0.5, 0.6) is 0 Å². The highest BCUT2D eigenvalue weighted by molar-refractivity contribution is 6.31. The zero-order valence-corrected chi connectivity index (χ0v) is 12.2. The van der Waals surface area contributed by atoms with Gasteiger partial charge < -0.3 is 5.73 Å². The first-order valence-electron chi connectivity index (χ1n) is 6.39. The van der Waals surface area contributed by atoms with Gasteiger partial charge in [0.05, 0.1) is 0 Å². The van der Waals surface area contributed by atoms with Crippen LogP contribution in [0.1, 0.15) is 42.9 Å². The van der Waals surface area contributed by atoms with Crippen LogP contribution in [-0.4, -0.2) is 14.8 Å². The number of nitrogens with zero attached hydrogens (tertiary/aromatic N) is 3. The molecule has 0 aliphatic rings. The van der Waals surface area contributed by atoms with Gasteiger partial charge in [-0.15, -0.1) is 0 Å². The molecule has 0 spiro atoms. The van der Waals surface area contributed by atoms with E-state index in [1.165, 1.54) is 0 Å². The van der Waals surface area contributed by atoms with E-state index in [4.69, 9.17) is 17.3 Å². The molecule has 0 radical (unpaired) electrons. The standard InChI is InChI=1S/C14H19ClN4/c1-9(2)19-14(17-8-18-19)7-13(16)11-5-4-10(3)6-12(11)15/h4-6,8-9,13H,7,16H2,1-3H3. The monoisotopic (exact) mass is 278 g/mol. The van der Waals surface area contributed by atoms with Crippen molar-refractivity contribution in [1.82, 2.24) is 14.8 Å². The fraction of sp³-hybridized carbons (Fsp3) is 0.429. The van der Waals surface area contributed by atoms with E-state index in [9.17, 15) is 0 Å². The van der Waals surface area contributed by atoms with Crippen LogP contribution in [0.4, 0.5) is 0 Å². The Balaban J connectivity index is 2.21. The fourth-order valence-corrected chi connectivity index (χ4v) is 2.47. The van der Waals surface area contributed by atoms with Crippen molar-refractivity contribution in [1.29, 1.82) is 0 Å². The largest absolute Gasteiger partial charge is 0.324 e. The van der Waals surface area contributed by atoms with E-state index in [1.54, 1.807) is 6.33 Å². The van der Waals surface area contributed by atoms with Crippen molar-refractivity contribution in [3.8, 4) is 0 Å². The normalized spacial score (nSPS) is 12.9. The topological polar surface area (TPSA) is 56.7 Å². The summed E-state index contributed by atoms with van der Waals surface area (Å²) in [5.41, 5.74) is 8.32. The maximum Gasteiger partial charge on any atom is 0.138 e. The van der Waals surface area contributed by atoms with Gasteiger partial charge in [0.25, 0.3) is 0 Å². The minimum Gasteiger partial charge on any atom is -0.324 e. The molecule has 1 unspecified atom stereocenters. The predicted octanol–water partition coefficient (Wildman–Crippen LogP) is 3.06. The highest BCUT2D eigenvalue weighted by Crippen LogP contribution is 2.25. The van der Waals surface area contributed by atoms with Crippen molar-refractivity contribution in [2.75, 3.05) is 0 Å². The van der Waals surface area contributed by atoms with Gasteiger partial charge in [-0.3, -0.25) is 0 Å². The zero-order chi connectivity index (χ0) is 14.0. The molecule has 0 fully saturated rings. The molecule has 2 rings (SSSR count). The summed E-state index contributed by atoms with van der Waals surface area (Å²) in [6.45, 7) is 6.15. The number of aryl methyl sites for hydroxylation is 1. The molecule has 0 aliphatic heterocycles. The average molecular weight is 279 g/mol. The van der Waals surface area contributed by atoms with Crippen LogP contribution in [0, 0.1) is 6.92 Å². The molecule has 0 aliphatic carbocycles. The first-order chi connectivity index (χ1) is 8.99. The van der Waals surface area contributed by atoms with Gasteiger partial charge in [0.2, 0.25) is 0 Å². The van der Waals surface area contributed by atoms with Gasteiger partial charge in [0.1, 0.15) is 12.2 Å². The van der Waals surface area contributed by atoms with Crippen molar-refractivity contribution in [2.24, 2.45) is 5.73 Å². The Morgan fingerprint density at radius 3 is 2.74 bits per heavy atom. The molecular weight excluding hydrogens is 260 g/mol. The highest BCUT2D eigenvalue weighted by Gasteiger charge is 2.15. The highest BCUT2D eigenvalue weighted by atomic mass is 35.5. The summed E-state index contributed by atoms with van der Waals surface area (Å²) >= 11 is 6.24. The third-order valence-corrected chi connectivity index (χ3v) is 3.42. The fourth-order valence-electron chi connectivity index (χ4n) is 2.09. The van der Waals surface area contributed by atoms with Gasteiger partial charge in [0.15, 0.2) is 0 Å². The molecule has 19 heavy (non-hydrogen) atoms. The summed E-state index contributed by atoms with van der Waals surface area (Å²) < 4.78 is 1.89. The lowest BCUT2D eigenvalue weighted by molar-refractivity contribution is 0.493. The number of hydrogen-bond donors (Lipinski definition) is 1. The lowest BCUT2D eigenvalue weighted by Crippen LogP contribution is -2.18. The van der Waals surface area contributed by atoms with Crippen molar-refractivity contribution in [3.05, 3.63) is 46.5 Å². The first kappa shape index (κ1) is 14.0. The third-order valence-electron chi connectivity index (χ3n) is 3.09. The molecule has 2 N–H and O–H groups in total. The molecule has 2 aromatic rings. The molecule has 0 saturated carbocycles. The van der Waals surface area contributed by atoms with Gasteiger partial charge in [0, 0.05) is 23.5 Å².